The molecule has 4 nitrogen and oxygen atoms in total. The topological polar surface area (TPSA) is 57.6 Å². The number of fused-ring (bicyclic) bond motifs is 1. The lowest BCUT2D eigenvalue weighted by Gasteiger charge is -2.26. The molecule has 0 saturated carbocycles. The molecule has 0 aromatic heterocycles. The highest BCUT2D eigenvalue weighted by molar-refractivity contribution is 6.11. The van der Waals surface area contributed by atoms with E-state index in [2.05, 4.69) is 6.07 Å². The first-order chi connectivity index (χ1) is 12.6. The molecule has 0 aliphatic carbocycles. The van der Waals surface area contributed by atoms with Crippen LogP contribution in [0.3, 0.4) is 0 Å². The van der Waals surface area contributed by atoms with Gasteiger partial charge in [0, 0.05) is 17.2 Å². The third-order valence-electron chi connectivity index (χ3n) is 5.76. The van der Waals surface area contributed by atoms with Gasteiger partial charge in [0.1, 0.15) is 0 Å². The zero-order chi connectivity index (χ0) is 20.1. The van der Waals surface area contributed by atoms with Crippen LogP contribution in [0, 0.1) is 27.7 Å². The van der Waals surface area contributed by atoms with Gasteiger partial charge >= 0.3 is 0 Å². The number of anilines is 1. The number of aryl methyl sites for hydroxylation is 2. The summed E-state index contributed by atoms with van der Waals surface area (Å²) < 4.78 is 0. The van der Waals surface area contributed by atoms with Crippen LogP contribution in [0.1, 0.15) is 58.4 Å². The molecule has 1 N–H and O–H groups in total. The van der Waals surface area contributed by atoms with Crippen molar-refractivity contribution in [1.82, 2.24) is 0 Å². The Hall–Kier alpha value is -2.46. The Morgan fingerprint density at radius 2 is 1.63 bits per heavy atom. The van der Waals surface area contributed by atoms with Crippen molar-refractivity contribution in [3.8, 4) is 0 Å². The van der Waals surface area contributed by atoms with Gasteiger partial charge in [0.05, 0.1) is 12.1 Å². The number of benzene rings is 2. The summed E-state index contributed by atoms with van der Waals surface area (Å²) in [5, 5.41) is 11.4. The molecule has 2 aromatic rings. The number of ketones is 1. The lowest BCUT2D eigenvalue weighted by Crippen LogP contribution is -2.44. The van der Waals surface area contributed by atoms with Gasteiger partial charge in [-0.2, -0.15) is 0 Å². The van der Waals surface area contributed by atoms with Crippen LogP contribution < -0.4 is 4.90 Å². The van der Waals surface area contributed by atoms with E-state index >= 15 is 0 Å². The second-order valence-electron chi connectivity index (χ2n) is 7.88. The predicted molar refractivity (Wildman–Crippen MR) is 107 cm³/mol. The molecule has 0 fully saturated rings. The molecule has 1 amide bonds. The fourth-order valence-corrected chi connectivity index (χ4v) is 4.10. The van der Waals surface area contributed by atoms with E-state index in [1.807, 2.05) is 53.7 Å². The van der Waals surface area contributed by atoms with Crippen molar-refractivity contribution < 1.29 is 14.7 Å². The van der Waals surface area contributed by atoms with Gasteiger partial charge in [-0.25, -0.2) is 0 Å². The van der Waals surface area contributed by atoms with Crippen molar-refractivity contribution >= 4 is 17.4 Å². The van der Waals surface area contributed by atoms with Crippen LogP contribution in [0.15, 0.2) is 30.3 Å². The summed E-state index contributed by atoms with van der Waals surface area (Å²) in [6, 6.07) is 9.15. The molecule has 1 atom stereocenters. The molecule has 4 heteroatoms. The summed E-state index contributed by atoms with van der Waals surface area (Å²) in [6.45, 7) is 11.6. The molecule has 1 aliphatic rings. The maximum Gasteiger partial charge on any atom is 0.264 e. The van der Waals surface area contributed by atoms with Crippen molar-refractivity contribution in [3.63, 3.8) is 0 Å². The number of rotatable bonds is 4. The van der Waals surface area contributed by atoms with Crippen molar-refractivity contribution in [1.29, 1.82) is 0 Å². The molecule has 0 bridgehead atoms. The van der Waals surface area contributed by atoms with Crippen LogP contribution in [0.4, 0.5) is 5.69 Å². The van der Waals surface area contributed by atoms with Gasteiger partial charge < -0.3 is 10.0 Å². The average Bonchev–Trinajstić information content (AvgIpc) is 2.81. The van der Waals surface area contributed by atoms with Crippen molar-refractivity contribution in [2.45, 2.75) is 59.6 Å². The second kappa shape index (κ2) is 6.61. The Morgan fingerprint density at radius 3 is 2.19 bits per heavy atom. The summed E-state index contributed by atoms with van der Waals surface area (Å²) >= 11 is 0. The number of nitrogens with zero attached hydrogens (tertiary/aromatic N) is 1. The highest BCUT2D eigenvalue weighted by Crippen LogP contribution is 2.44. The maximum atomic E-state index is 13.3. The summed E-state index contributed by atoms with van der Waals surface area (Å²) in [6.07, 6.45) is -0.253. The summed E-state index contributed by atoms with van der Waals surface area (Å²) in [7, 11) is 0. The van der Waals surface area contributed by atoms with Crippen molar-refractivity contribution in [3.05, 3.63) is 63.7 Å². The van der Waals surface area contributed by atoms with E-state index in [9.17, 15) is 14.7 Å². The van der Waals surface area contributed by atoms with Crippen LogP contribution in [0.2, 0.25) is 0 Å². The third-order valence-corrected chi connectivity index (χ3v) is 5.76. The normalized spacial score (nSPS) is 19.0. The maximum absolute atomic E-state index is 13.3. The average molecular weight is 365 g/mol. The number of para-hydroxylation sites is 1. The molecule has 0 saturated heterocycles. The highest BCUT2D eigenvalue weighted by atomic mass is 16.3. The van der Waals surface area contributed by atoms with E-state index in [1.165, 1.54) is 0 Å². The molecule has 3 rings (SSSR count). The van der Waals surface area contributed by atoms with Crippen LogP contribution in [0.5, 0.6) is 0 Å². The minimum Gasteiger partial charge on any atom is -0.375 e. The summed E-state index contributed by atoms with van der Waals surface area (Å²) in [4.78, 5) is 28.0. The van der Waals surface area contributed by atoms with Crippen LogP contribution in [0.25, 0.3) is 0 Å². The molecule has 1 heterocycles. The number of hydrogen-bond donors (Lipinski definition) is 1. The van der Waals surface area contributed by atoms with Crippen molar-refractivity contribution in [2.24, 2.45) is 0 Å². The standard InChI is InChI=1S/C23H27NO3/c1-13(2)24-19-10-8-7-9-18(19)23(27,22(24)26)12-20(25)21-16(5)14(3)11-15(4)17(21)6/h7-11,13,27H,12H2,1-6H3/t23-/m1/s1. The number of hydrogen-bond acceptors (Lipinski definition) is 3. The van der Waals surface area contributed by atoms with E-state index in [4.69, 9.17) is 0 Å². The monoisotopic (exact) mass is 365 g/mol. The van der Waals surface area contributed by atoms with Crippen LogP contribution in [-0.2, 0) is 10.4 Å². The first-order valence-corrected chi connectivity index (χ1v) is 9.35. The molecule has 142 valence electrons. The van der Waals surface area contributed by atoms with Gasteiger partial charge in [-0.1, -0.05) is 24.3 Å². The minimum absolute atomic E-state index is 0.104. The van der Waals surface area contributed by atoms with E-state index in [0.717, 1.165) is 22.3 Å². The quantitative estimate of drug-likeness (QED) is 0.829. The fraction of sp³-hybridized carbons (Fsp3) is 0.391. The Labute approximate surface area is 160 Å². The zero-order valence-electron chi connectivity index (χ0n) is 16.9. The van der Waals surface area contributed by atoms with Gasteiger partial charge in [0.25, 0.3) is 5.91 Å². The molecular formula is C23H27NO3. The van der Waals surface area contributed by atoms with E-state index < -0.39 is 11.5 Å². The molecule has 1 aliphatic heterocycles. The van der Waals surface area contributed by atoms with Crippen LogP contribution in [-0.4, -0.2) is 22.8 Å². The van der Waals surface area contributed by atoms with Crippen LogP contribution >= 0.6 is 0 Å². The largest absolute Gasteiger partial charge is 0.375 e. The number of carbonyl (C=O) groups excluding carboxylic acids is 2. The van der Waals surface area contributed by atoms with Gasteiger partial charge in [0.2, 0.25) is 0 Å². The Balaban J connectivity index is 2.08. The third kappa shape index (κ3) is 2.88. The van der Waals surface area contributed by atoms with E-state index in [-0.39, 0.29) is 18.2 Å². The molecule has 0 radical (unpaired) electrons. The highest BCUT2D eigenvalue weighted by Gasteiger charge is 2.51. The lowest BCUT2D eigenvalue weighted by molar-refractivity contribution is -0.136. The number of Topliss-reactive ketones (excluding diaryl/α,β-unsaturated/α-hetero) is 1. The lowest BCUT2D eigenvalue weighted by atomic mass is 9.84. The smallest absolute Gasteiger partial charge is 0.264 e. The summed E-state index contributed by atoms with van der Waals surface area (Å²) in [5.41, 5.74) is 3.88. The van der Waals surface area contributed by atoms with Gasteiger partial charge in [0.15, 0.2) is 11.4 Å². The Kier molecular flexibility index (Phi) is 4.73. The number of aliphatic hydroxyl groups is 1. The van der Waals surface area contributed by atoms with Gasteiger partial charge in [-0.05, 0) is 69.9 Å². The molecule has 2 aromatic carbocycles. The molecule has 0 unspecified atom stereocenters. The second-order valence-corrected chi connectivity index (χ2v) is 7.88. The number of amides is 1. The summed E-state index contributed by atoms with van der Waals surface area (Å²) in [5.74, 6) is -0.625. The van der Waals surface area contributed by atoms with E-state index in [1.54, 1.807) is 17.0 Å². The number of carbonyl (C=O) groups is 2. The van der Waals surface area contributed by atoms with Gasteiger partial charge in [-0.15, -0.1) is 0 Å². The molecule has 0 spiro atoms. The van der Waals surface area contributed by atoms with Crippen molar-refractivity contribution in [2.75, 3.05) is 4.90 Å². The predicted octanol–water partition coefficient (Wildman–Crippen LogP) is 4.14. The Morgan fingerprint density at radius 1 is 1.07 bits per heavy atom. The molecular weight excluding hydrogens is 338 g/mol. The molecule has 27 heavy (non-hydrogen) atoms. The minimum atomic E-state index is -1.82. The zero-order valence-corrected chi connectivity index (χ0v) is 16.9. The first-order valence-electron chi connectivity index (χ1n) is 9.35. The fourth-order valence-electron chi connectivity index (χ4n) is 4.10. The van der Waals surface area contributed by atoms with Gasteiger partial charge in [-0.3, -0.25) is 9.59 Å². The Bertz CT molecular complexity index is 919. The van der Waals surface area contributed by atoms with E-state index in [0.29, 0.717) is 16.8 Å². The SMILES string of the molecule is Cc1cc(C)c(C)c(C(=O)C[C@]2(O)C(=O)N(C(C)C)c3ccccc32)c1C. The first kappa shape index (κ1) is 19.3.